The van der Waals surface area contributed by atoms with Crippen molar-refractivity contribution >= 4 is 17.0 Å². The van der Waals surface area contributed by atoms with Gasteiger partial charge in [-0.3, -0.25) is 0 Å². The summed E-state index contributed by atoms with van der Waals surface area (Å²) in [6.45, 7) is 4.47. The lowest BCUT2D eigenvalue weighted by Gasteiger charge is -2.14. The molecular weight excluding hydrogens is 353 g/mol. The molecule has 0 atom stereocenters. The molecule has 3 rings (SSSR count). The second-order valence-electron chi connectivity index (χ2n) is 4.30. The topological polar surface area (TPSA) is 3.01 Å². The maximum Gasteiger partial charge on any atom is 0.215 e. The number of fused-ring (bicyclic) bond motifs is 1. The fraction of sp³-hybridized carbons (Fsp3) is 0.267. The molecule has 0 spiro atoms. The van der Waals surface area contributed by atoms with Gasteiger partial charge in [0.2, 0.25) is 5.71 Å². The summed E-state index contributed by atoms with van der Waals surface area (Å²) < 4.78 is 2.49. The first-order valence-electron chi connectivity index (χ1n) is 6.14. The molecule has 0 aliphatic carbocycles. The van der Waals surface area contributed by atoms with Crippen LogP contribution in [0.15, 0.2) is 41.8 Å². The Morgan fingerprint density at radius 1 is 1.17 bits per heavy atom. The van der Waals surface area contributed by atoms with Crippen LogP contribution in [-0.2, 0) is 6.42 Å². The summed E-state index contributed by atoms with van der Waals surface area (Å²) in [6.07, 6.45) is 1.19. The van der Waals surface area contributed by atoms with Crippen LogP contribution in [0.25, 0.3) is 0 Å². The first-order valence-corrected chi connectivity index (χ1v) is 7.02. The number of halogens is 1. The van der Waals surface area contributed by atoms with Crippen molar-refractivity contribution in [3.63, 3.8) is 0 Å². The van der Waals surface area contributed by atoms with Crippen molar-refractivity contribution in [2.24, 2.45) is 0 Å². The second-order valence-corrected chi connectivity index (χ2v) is 5.30. The number of rotatable bonds is 2. The fourth-order valence-corrected chi connectivity index (χ4v) is 3.38. The molecule has 0 N–H and O–H groups in total. The third kappa shape index (κ3) is 2.38. The summed E-state index contributed by atoms with van der Waals surface area (Å²) in [7, 11) is 0. The Balaban J connectivity index is 0.00000120. The third-order valence-corrected chi connectivity index (χ3v) is 4.34. The summed E-state index contributed by atoms with van der Waals surface area (Å²) in [5.41, 5.74) is 4.19. The number of hydrogen-bond acceptors (Lipinski definition) is 1. The highest BCUT2D eigenvalue weighted by molar-refractivity contribution is 7.10. The molecule has 2 heterocycles. The number of nitrogens with zero attached hydrogens (tertiary/aromatic N) is 1. The van der Waals surface area contributed by atoms with Gasteiger partial charge in [-0.05, 0) is 30.5 Å². The van der Waals surface area contributed by atoms with E-state index in [1.54, 1.807) is 0 Å². The summed E-state index contributed by atoms with van der Waals surface area (Å²) in [6, 6.07) is 13.0. The zero-order valence-corrected chi connectivity index (χ0v) is 13.4. The van der Waals surface area contributed by atoms with Crippen molar-refractivity contribution in [1.82, 2.24) is 0 Å². The number of thiophene rings is 1. The molecule has 1 nitrogen and oxygen atoms in total. The number of likely N-dealkylation sites (N-methyl/N-ethyl adjacent to an activating group) is 1. The second kappa shape index (κ2) is 5.97. The molecule has 1 aromatic heterocycles. The van der Waals surface area contributed by atoms with Crippen LogP contribution in [0.1, 0.15) is 22.9 Å². The van der Waals surface area contributed by atoms with Gasteiger partial charge < -0.3 is 24.0 Å². The smallest absolute Gasteiger partial charge is 0.215 e. The van der Waals surface area contributed by atoms with Gasteiger partial charge in [0, 0.05) is 16.9 Å². The molecule has 1 aliphatic heterocycles. The molecule has 3 heteroatoms. The predicted molar refractivity (Wildman–Crippen MR) is 73.3 cm³/mol. The van der Waals surface area contributed by atoms with Crippen LogP contribution in [0.3, 0.4) is 0 Å². The van der Waals surface area contributed by atoms with E-state index in [0.29, 0.717) is 0 Å². The molecule has 94 valence electrons. The third-order valence-electron chi connectivity index (χ3n) is 3.35. The highest BCUT2D eigenvalue weighted by Crippen LogP contribution is 2.24. The van der Waals surface area contributed by atoms with Gasteiger partial charge in [0.15, 0.2) is 0 Å². The van der Waals surface area contributed by atoms with E-state index in [0.717, 1.165) is 13.1 Å². The van der Waals surface area contributed by atoms with Crippen LogP contribution in [0, 0.1) is 0 Å². The van der Waals surface area contributed by atoms with Crippen molar-refractivity contribution in [3.8, 4) is 0 Å². The average molecular weight is 369 g/mol. The normalized spacial score (nSPS) is 14.1. The van der Waals surface area contributed by atoms with E-state index < -0.39 is 0 Å². The maximum absolute atomic E-state index is 2.49. The molecule has 0 bridgehead atoms. The van der Waals surface area contributed by atoms with E-state index in [2.05, 4.69) is 53.3 Å². The fourth-order valence-electron chi connectivity index (χ4n) is 2.51. The highest BCUT2D eigenvalue weighted by Gasteiger charge is 2.26. The van der Waals surface area contributed by atoms with E-state index in [4.69, 9.17) is 0 Å². The molecule has 0 saturated heterocycles. The van der Waals surface area contributed by atoms with E-state index in [9.17, 15) is 0 Å². The van der Waals surface area contributed by atoms with Crippen LogP contribution in [0.5, 0.6) is 0 Å². The van der Waals surface area contributed by atoms with Crippen LogP contribution in [0.2, 0.25) is 0 Å². The lowest BCUT2D eigenvalue weighted by molar-refractivity contribution is -0.524. The minimum absolute atomic E-state index is 0. The van der Waals surface area contributed by atoms with Crippen LogP contribution in [-0.4, -0.2) is 23.4 Å². The molecule has 1 aromatic carbocycles. The largest absolute Gasteiger partial charge is 1.00 e. The first kappa shape index (κ1) is 13.7. The van der Waals surface area contributed by atoms with Gasteiger partial charge in [-0.2, -0.15) is 0 Å². The Labute approximate surface area is 129 Å². The van der Waals surface area contributed by atoms with Gasteiger partial charge in [0.1, 0.15) is 13.1 Å². The number of hydrogen-bond donors (Lipinski definition) is 0. The Morgan fingerprint density at radius 3 is 2.67 bits per heavy atom. The molecule has 18 heavy (non-hydrogen) atoms. The van der Waals surface area contributed by atoms with Crippen LogP contribution < -0.4 is 24.0 Å². The predicted octanol–water partition coefficient (Wildman–Crippen LogP) is 0.178. The minimum atomic E-state index is 0. The molecule has 0 unspecified atom stereocenters. The quantitative estimate of drug-likeness (QED) is 0.525. The van der Waals surface area contributed by atoms with E-state index in [-0.39, 0.29) is 24.0 Å². The summed E-state index contributed by atoms with van der Waals surface area (Å²) in [5, 5.41) is 2.22. The van der Waals surface area contributed by atoms with Gasteiger partial charge >= 0.3 is 0 Å². The van der Waals surface area contributed by atoms with Crippen molar-refractivity contribution in [1.29, 1.82) is 0 Å². The van der Waals surface area contributed by atoms with Gasteiger partial charge in [-0.1, -0.05) is 18.2 Å². The van der Waals surface area contributed by atoms with Crippen molar-refractivity contribution in [2.45, 2.75) is 13.3 Å². The molecule has 0 radical (unpaired) electrons. The Morgan fingerprint density at radius 2 is 1.94 bits per heavy atom. The maximum atomic E-state index is 2.49. The van der Waals surface area contributed by atoms with Gasteiger partial charge in [0.25, 0.3) is 0 Å². The van der Waals surface area contributed by atoms with E-state index in [1.807, 2.05) is 11.3 Å². The molecule has 0 fully saturated rings. The Bertz CT molecular complexity index is 557. The zero-order chi connectivity index (χ0) is 11.7. The molecular formula is C15H16INS. The first-order chi connectivity index (χ1) is 8.40. The highest BCUT2D eigenvalue weighted by atomic mass is 127. The molecule has 0 saturated carbocycles. The number of benzene rings is 1. The summed E-state index contributed by atoms with van der Waals surface area (Å²) in [5.74, 6) is 0. The molecule has 2 aromatic rings. The minimum Gasteiger partial charge on any atom is -1.00 e. The van der Waals surface area contributed by atoms with Gasteiger partial charge in [-0.15, -0.1) is 11.3 Å². The average Bonchev–Trinajstić information content (AvgIpc) is 2.86. The van der Waals surface area contributed by atoms with Crippen molar-refractivity contribution in [3.05, 3.63) is 57.8 Å². The van der Waals surface area contributed by atoms with E-state index in [1.165, 1.54) is 28.1 Å². The van der Waals surface area contributed by atoms with Crippen LogP contribution >= 0.6 is 11.3 Å². The van der Waals surface area contributed by atoms with Gasteiger partial charge in [0.05, 0.1) is 5.56 Å². The summed E-state index contributed by atoms with van der Waals surface area (Å²) >= 11 is 1.89. The Kier molecular flexibility index (Phi) is 4.56. The molecule has 0 amide bonds. The monoisotopic (exact) mass is 369 g/mol. The lowest BCUT2D eigenvalue weighted by atomic mass is 9.98. The van der Waals surface area contributed by atoms with Crippen LogP contribution in [0.4, 0.5) is 0 Å². The van der Waals surface area contributed by atoms with Crippen molar-refractivity contribution in [2.75, 3.05) is 13.1 Å². The zero-order valence-electron chi connectivity index (χ0n) is 10.4. The van der Waals surface area contributed by atoms with E-state index >= 15 is 0 Å². The standard InChI is InChI=1S/C15H16NS.HI/c1-2-16-10-8-14-13(9-11-17-14)15(16)12-6-4-3-5-7-12;/h3-7,9,11H,2,8,10H2,1H3;1H/q+1;/p-1. The lowest BCUT2D eigenvalue weighted by Crippen LogP contribution is -3.00. The molecule has 1 aliphatic rings. The van der Waals surface area contributed by atoms with Crippen molar-refractivity contribution < 1.29 is 28.6 Å². The van der Waals surface area contributed by atoms with Gasteiger partial charge in [-0.25, -0.2) is 4.58 Å². The SMILES string of the molecule is CC[N+]1=C(c2ccccc2)c2ccsc2CC1.[I-]. The summed E-state index contributed by atoms with van der Waals surface area (Å²) in [4.78, 5) is 1.54. The Hall–Kier alpha value is -0.680.